The number of likely N-dealkylation sites (tertiary alicyclic amines) is 2. The third-order valence-corrected chi connectivity index (χ3v) is 7.51. The number of phenolic OH excluding ortho intramolecular Hbond substituents is 1. The topological polar surface area (TPSA) is 43.8 Å². The molecule has 5 rings (SSSR count). The van der Waals surface area contributed by atoms with E-state index in [1.807, 2.05) is 12.1 Å². The number of hydrogen-bond acceptors (Lipinski definition) is 3. The molecule has 1 spiro atoms. The minimum atomic E-state index is -1.51. The summed E-state index contributed by atoms with van der Waals surface area (Å²) < 4.78 is 14.0. The lowest BCUT2D eigenvalue weighted by molar-refractivity contribution is -0.150. The van der Waals surface area contributed by atoms with Crippen molar-refractivity contribution >= 4 is 5.91 Å². The summed E-state index contributed by atoms with van der Waals surface area (Å²) in [5.74, 6) is 0.630. The number of benzene rings is 1. The Labute approximate surface area is 160 Å². The van der Waals surface area contributed by atoms with Crippen molar-refractivity contribution in [2.45, 2.75) is 62.6 Å². The number of rotatable bonds is 3. The first kappa shape index (κ1) is 17.5. The summed E-state index contributed by atoms with van der Waals surface area (Å²) in [4.78, 5) is 16.5. The smallest absolute Gasteiger partial charge is 0.260 e. The summed E-state index contributed by atoms with van der Waals surface area (Å²) in [6.45, 7) is 3.69. The van der Waals surface area contributed by atoms with Gasteiger partial charge in [-0.2, -0.15) is 0 Å². The van der Waals surface area contributed by atoms with Crippen molar-refractivity contribution in [3.8, 4) is 5.75 Å². The molecule has 0 radical (unpaired) electrons. The predicted octanol–water partition coefficient (Wildman–Crippen LogP) is 3.45. The Kier molecular flexibility index (Phi) is 4.01. The molecular weight excluding hydrogens is 343 g/mol. The van der Waals surface area contributed by atoms with Gasteiger partial charge in [-0.25, -0.2) is 4.39 Å². The Bertz CT molecular complexity index is 734. The molecular formula is C22H29FN2O2. The molecule has 1 atom stereocenters. The molecule has 1 N–H and O–H groups in total. The summed E-state index contributed by atoms with van der Waals surface area (Å²) >= 11 is 0. The fraction of sp³-hybridized carbons (Fsp3) is 0.682. The van der Waals surface area contributed by atoms with Crippen molar-refractivity contribution in [3.05, 3.63) is 29.8 Å². The average molecular weight is 372 g/mol. The molecule has 4 fully saturated rings. The Morgan fingerprint density at radius 2 is 1.78 bits per heavy atom. The zero-order valence-electron chi connectivity index (χ0n) is 15.9. The van der Waals surface area contributed by atoms with Gasteiger partial charge in [0.2, 0.25) is 0 Å². The van der Waals surface area contributed by atoms with E-state index >= 15 is 0 Å². The van der Waals surface area contributed by atoms with E-state index in [9.17, 15) is 14.3 Å². The molecule has 5 heteroatoms. The van der Waals surface area contributed by atoms with Crippen molar-refractivity contribution in [2.24, 2.45) is 5.41 Å². The van der Waals surface area contributed by atoms with Gasteiger partial charge in [0, 0.05) is 24.5 Å². The summed E-state index contributed by atoms with van der Waals surface area (Å²) in [6, 6.07) is 8.34. The second kappa shape index (κ2) is 6.20. The van der Waals surface area contributed by atoms with E-state index in [1.54, 1.807) is 11.0 Å². The maximum atomic E-state index is 14.0. The van der Waals surface area contributed by atoms with Gasteiger partial charge in [-0.1, -0.05) is 18.2 Å². The van der Waals surface area contributed by atoms with E-state index in [2.05, 4.69) is 11.0 Å². The second-order valence-corrected chi connectivity index (χ2v) is 9.39. The molecule has 146 valence electrons. The number of para-hydroxylation sites is 1. The summed E-state index contributed by atoms with van der Waals surface area (Å²) in [5.41, 5.74) is -0.168. The van der Waals surface area contributed by atoms with Crippen molar-refractivity contribution in [1.29, 1.82) is 0 Å². The van der Waals surface area contributed by atoms with Crippen LogP contribution in [0.15, 0.2) is 24.3 Å². The van der Waals surface area contributed by atoms with Crippen molar-refractivity contribution in [2.75, 3.05) is 26.2 Å². The minimum absolute atomic E-state index is 0.250. The van der Waals surface area contributed by atoms with Crippen LogP contribution in [0.25, 0.3) is 0 Å². The van der Waals surface area contributed by atoms with Crippen molar-refractivity contribution in [1.82, 2.24) is 9.80 Å². The van der Waals surface area contributed by atoms with E-state index in [1.165, 1.54) is 12.8 Å². The number of amides is 1. The van der Waals surface area contributed by atoms with Crippen LogP contribution in [0.3, 0.4) is 0 Å². The van der Waals surface area contributed by atoms with Gasteiger partial charge >= 0.3 is 0 Å². The Morgan fingerprint density at radius 3 is 2.44 bits per heavy atom. The van der Waals surface area contributed by atoms with E-state index in [-0.39, 0.29) is 11.3 Å². The first-order valence-electron chi connectivity index (χ1n) is 10.5. The van der Waals surface area contributed by atoms with E-state index in [0.717, 1.165) is 51.0 Å². The van der Waals surface area contributed by atoms with Crippen LogP contribution in [-0.2, 0) is 4.79 Å². The fourth-order valence-electron chi connectivity index (χ4n) is 5.70. The molecule has 0 bridgehead atoms. The third kappa shape index (κ3) is 3.04. The molecule has 2 aliphatic heterocycles. The Hall–Kier alpha value is -1.62. The molecule has 2 saturated heterocycles. The number of nitrogens with zero attached hydrogens (tertiary/aromatic N) is 2. The lowest BCUT2D eigenvalue weighted by Crippen LogP contribution is -2.60. The maximum Gasteiger partial charge on any atom is 0.260 e. The van der Waals surface area contributed by atoms with Crippen molar-refractivity contribution in [3.63, 3.8) is 0 Å². The summed E-state index contributed by atoms with van der Waals surface area (Å²) in [7, 11) is 0. The van der Waals surface area contributed by atoms with Crippen LogP contribution in [-0.4, -0.2) is 58.7 Å². The lowest BCUT2D eigenvalue weighted by atomic mass is 9.77. The number of aromatic hydroxyl groups is 1. The summed E-state index contributed by atoms with van der Waals surface area (Å²) in [6.07, 6.45) is 6.54. The maximum absolute atomic E-state index is 14.0. The van der Waals surface area contributed by atoms with Crippen LogP contribution >= 0.6 is 0 Å². The number of alkyl halides is 1. The molecule has 0 unspecified atom stereocenters. The molecule has 4 aliphatic rings. The largest absolute Gasteiger partial charge is 0.508 e. The molecule has 1 amide bonds. The molecule has 27 heavy (non-hydrogen) atoms. The Balaban J connectivity index is 1.14. The van der Waals surface area contributed by atoms with Crippen LogP contribution in [0.5, 0.6) is 5.75 Å². The van der Waals surface area contributed by atoms with Crippen LogP contribution in [0.4, 0.5) is 4.39 Å². The first-order valence-corrected chi connectivity index (χ1v) is 10.5. The van der Waals surface area contributed by atoms with Gasteiger partial charge in [0.05, 0.1) is 0 Å². The normalized spacial score (nSPS) is 29.7. The number of carbonyl (C=O) groups is 1. The van der Waals surface area contributed by atoms with Gasteiger partial charge in [-0.3, -0.25) is 4.79 Å². The zero-order chi connectivity index (χ0) is 18.6. The van der Waals surface area contributed by atoms with Gasteiger partial charge < -0.3 is 14.9 Å². The summed E-state index contributed by atoms with van der Waals surface area (Å²) in [5, 5.41) is 10.1. The number of carbonyl (C=O) groups excluding carboxylic acids is 1. The highest BCUT2D eigenvalue weighted by Gasteiger charge is 2.58. The monoisotopic (exact) mass is 372 g/mol. The number of halogens is 1. The number of piperidine rings is 1. The second-order valence-electron chi connectivity index (χ2n) is 9.39. The molecule has 2 saturated carbocycles. The number of hydrogen-bond donors (Lipinski definition) is 1. The van der Waals surface area contributed by atoms with Crippen LogP contribution in [0.1, 0.15) is 56.4 Å². The van der Waals surface area contributed by atoms with Crippen LogP contribution in [0, 0.1) is 5.41 Å². The van der Waals surface area contributed by atoms with Gasteiger partial charge in [0.25, 0.3) is 5.91 Å². The minimum Gasteiger partial charge on any atom is -0.508 e. The van der Waals surface area contributed by atoms with Crippen LogP contribution in [0.2, 0.25) is 0 Å². The van der Waals surface area contributed by atoms with Gasteiger partial charge in [-0.05, 0) is 75.6 Å². The van der Waals surface area contributed by atoms with E-state index in [4.69, 9.17) is 0 Å². The highest BCUT2D eigenvalue weighted by Crippen LogP contribution is 2.51. The van der Waals surface area contributed by atoms with Crippen molar-refractivity contribution < 1.29 is 14.3 Å². The van der Waals surface area contributed by atoms with Gasteiger partial charge in [0.1, 0.15) is 5.75 Å². The highest BCUT2D eigenvalue weighted by atomic mass is 19.1. The van der Waals surface area contributed by atoms with Crippen LogP contribution < -0.4 is 0 Å². The average Bonchev–Trinajstić information content (AvgIpc) is 3.25. The third-order valence-electron chi connectivity index (χ3n) is 7.51. The first-order chi connectivity index (χ1) is 13.0. The standard InChI is InChI=1S/C22H29FN2O2/c23-22(9-10-22)20(27)25-14-21(15-25)8-5-17(13-21)24-11-6-16(7-12-24)18-3-1-2-4-19(18)26/h1-4,16-17,26H,5-15H2/t17-/m0/s1. The lowest BCUT2D eigenvalue weighted by Gasteiger charge is -2.49. The van der Waals surface area contributed by atoms with Gasteiger partial charge in [0.15, 0.2) is 5.67 Å². The molecule has 4 nitrogen and oxygen atoms in total. The number of phenols is 1. The SMILES string of the molecule is O=C(N1CC2(CC[C@H](N3CCC(c4ccccc4O)CC3)C2)C1)C1(F)CC1. The molecule has 2 aliphatic carbocycles. The predicted molar refractivity (Wildman–Crippen MR) is 101 cm³/mol. The molecule has 0 aromatic heterocycles. The molecule has 1 aromatic rings. The van der Waals surface area contributed by atoms with E-state index < -0.39 is 5.67 Å². The fourth-order valence-corrected chi connectivity index (χ4v) is 5.70. The van der Waals surface area contributed by atoms with E-state index in [0.29, 0.717) is 30.6 Å². The molecule has 1 aromatic carbocycles. The van der Waals surface area contributed by atoms with Gasteiger partial charge in [-0.15, -0.1) is 0 Å². The molecule has 2 heterocycles. The quantitative estimate of drug-likeness (QED) is 0.884. The highest BCUT2D eigenvalue weighted by molar-refractivity contribution is 5.88. The zero-order valence-corrected chi connectivity index (χ0v) is 15.9. The Morgan fingerprint density at radius 1 is 1.07 bits per heavy atom.